The average Bonchev–Trinajstić information content (AvgIpc) is 3.07. The van der Waals surface area contributed by atoms with Crippen molar-refractivity contribution in [1.82, 2.24) is 14.9 Å². The van der Waals surface area contributed by atoms with Crippen molar-refractivity contribution in [2.75, 3.05) is 31.1 Å². The quantitative estimate of drug-likeness (QED) is 0.774. The van der Waals surface area contributed by atoms with Crippen molar-refractivity contribution in [2.45, 2.75) is 0 Å². The van der Waals surface area contributed by atoms with Crippen molar-refractivity contribution in [3.8, 4) is 0 Å². The molecule has 3 aromatic rings. The first-order chi connectivity index (χ1) is 11.7. The number of aromatic amines is 1. The number of carbonyl (C=O) groups is 1. The molecule has 0 bridgehead atoms. The summed E-state index contributed by atoms with van der Waals surface area (Å²) in [4.78, 5) is 34.6. The predicted molar refractivity (Wildman–Crippen MR) is 94.8 cm³/mol. The first kappa shape index (κ1) is 14.9. The highest BCUT2D eigenvalue weighted by Gasteiger charge is 2.23. The number of hydrogen-bond acceptors (Lipinski definition) is 5. The fraction of sp³-hybridized carbons (Fsp3) is 0.235. The van der Waals surface area contributed by atoms with Gasteiger partial charge in [-0.2, -0.15) is 0 Å². The number of benzene rings is 1. The van der Waals surface area contributed by atoms with Gasteiger partial charge >= 0.3 is 4.87 Å². The number of thiazole rings is 1. The number of fused-ring (bicyclic) bond motifs is 1. The molecule has 1 fully saturated rings. The molecular weight excluding hydrogens is 324 g/mol. The summed E-state index contributed by atoms with van der Waals surface area (Å²) in [6.07, 6.45) is 0. The number of H-pyrrole nitrogens is 1. The first-order valence-corrected chi connectivity index (χ1v) is 8.66. The Morgan fingerprint density at radius 1 is 1.08 bits per heavy atom. The van der Waals surface area contributed by atoms with E-state index in [2.05, 4.69) is 16.0 Å². The van der Waals surface area contributed by atoms with E-state index in [1.807, 2.05) is 30.3 Å². The number of piperazine rings is 1. The molecule has 24 heavy (non-hydrogen) atoms. The Hall–Kier alpha value is -2.67. The van der Waals surface area contributed by atoms with Crippen LogP contribution in [0.3, 0.4) is 0 Å². The monoisotopic (exact) mass is 340 g/mol. The molecule has 1 aliphatic heterocycles. The van der Waals surface area contributed by atoms with Crippen molar-refractivity contribution >= 4 is 34.0 Å². The molecule has 0 unspecified atom stereocenters. The number of para-hydroxylation sites is 1. The number of nitrogens with one attached hydrogen (secondary N) is 1. The lowest BCUT2D eigenvalue weighted by Crippen LogP contribution is -2.49. The summed E-state index contributed by atoms with van der Waals surface area (Å²) in [7, 11) is 0. The molecular formula is C17H16N4O2S. The maximum Gasteiger partial charge on any atom is 0.305 e. The number of rotatable bonds is 2. The van der Waals surface area contributed by atoms with Crippen LogP contribution in [-0.4, -0.2) is 47.0 Å². The number of anilines is 1. The van der Waals surface area contributed by atoms with Crippen LogP contribution >= 0.6 is 11.3 Å². The van der Waals surface area contributed by atoms with E-state index in [9.17, 15) is 9.59 Å². The highest BCUT2D eigenvalue weighted by molar-refractivity contribution is 7.07. The zero-order chi connectivity index (χ0) is 16.5. The number of carbonyl (C=O) groups excluding carboxylic acids is 1. The molecule has 1 aliphatic rings. The van der Waals surface area contributed by atoms with E-state index in [1.165, 1.54) is 0 Å². The van der Waals surface area contributed by atoms with E-state index in [0.717, 1.165) is 41.1 Å². The van der Waals surface area contributed by atoms with Crippen LogP contribution in [0, 0.1) is 0 Å². The minimum atomic E-state index is -0.197. The maximum atomic E-state index is 12.4. The van der Waals surface area contributed by atoms with Crippen LogP contribution in [-0.2, 0) is 0 Å². The summed E-state index contributed by atoms with van der Waals surface area (Å²) in [5, 5.41) is 2.71. The van der Waals surface area contributed by atoms with Crippen LogP contribution in [0.1, 0.15) is 10.5 Å². The summed E-state index contributed by atoms with van der Waals surface area (Å²) in [6, 6.07) is 12.1. The van der Waals surface area contributed by atoms with Gasteiger partial charge in [-0.15, -0.1) is 0 Å². The van der Waals surface area contributed by atoms with Crippen LogP contribution in [0.4, 0.5) is 5.82 Å². The van der Waals surface area contributed by atoms with Crippen LogP contribution in [0.2, 0.25) is 0 Å². The second-order valence-corrected chi connectivity index (χ2v) is 6.55. The average molecular weight is 340 g/mol. The van der Waals surface area contributed by atoms with E-state index in [-0.39, 0.29) is 10.8 Å². The van der Waals surface area contributed by atoms with Crippen LogP contribution in [0.5, 0.6) is 0 Å². The van der Waals surface area contributed by atoms with Crippen molar-refractivity contribution in [2.24, 2.45) is 0 Å². The van der Waals surface area contributed by atoms with Gasteiger partial charge in [0.2, 0.25) is 0 Å². The minimum Gasteiger partial charge on any atom is -0.353 e. The second-order valence-electron chi connectivity index (χ2n) is 5.70. The summed E-state index contributed by atoms with van der Waals surface area (Å²) < 4.78 is 0. The molecule has 1 N–H and O–H groups in total. The maximum absolute atomic E-state index is 12.4. The zero-order valence-electron chi connectivity index (χ0n) is 12.9. The minimum absolute atomic E-state index is 0.112. The van der Waals surface area contributed by atoms with E-state index in [1.54, 1.807) is 10.3 Å². The summed E-state index contributed by atoms with van der Waals surface area (Å²) >= 11 is 1.02. The Bertz CT molecular complexity index is 941. The van der Waals surface area contributed by atoms with Gasteiger partial charge in [0.25, 0.3) is 5.91 Å². The van der Waals surface area contributed by atoms with Crippen molar-refractivity contribution in [1.29, 1.82) is 0 Å². The van der Waals surface area contributed by atoms with Gasteiger partial charge in [0.1, 0.15) is 11.5 Å². The molecule has 7 heteroatoms. The molecule has 1 aromatic carbocycles. The largest absolute Gasteiger partial charge is 0.353 e. The molecule has 3 heterocycles. The molecule has 0 aliphatic carbocycles. The zero-order valence-corrected chi connectivity index (χ0v) is 13.8. The summed E-state index contributed by atoms with van der Waals surface area (Å²) in [5.41, 5.74) is 1.35. The van der Waals surface area contributed by atoms with E-state index in [4.69, 9.17) is 4.98 Å². The molecule has 0 radical (unpaired) electrons. The van der Waals surface area contributed by atoms with Crippen LogP contribution < -0.4 is 9.77 Å². The first-order valence-electron chi connectivity index (χ1n) is 7.78. The van der Waals surface area contributed by atoms with Crippen molar-refractivity contribution in [3.05, 3.63) is 57.1 Å². The smallest absolute Gasteiger partial charge is 0.305 e. The number of nitrogens with zero attached hydrogens (tertiary/aromatic N) is 3. The van der Waals surface area contributed by atoms with Gasteiger partial charge in [-0.3, -0.25) is 9.59 Å². The molecule has 0 saturated carbocycles. The number of amides is 1. The van der Waals surface area contributed by atoms with Gasteiger partial charge in [-0.1, -0.05) is 29.5 Å². The van der Waals surface area contributed by atoms with Gasteiger partial charge in [0.15, 0.2) is 0 Å². The van der Waals surface area contributed by atoms with Gasteiger partial charge in [0, 0.05) is 36.9 Å². The molecule has 1 saturated heterocycles. The predicted octanol–water partition coefficient (Wildman–Crippen LogP) is 1.95. The van der Waals surface area contributed by atoms with E-state index in [0.29, 0.717) is 18.8 Å². The Morgan fingerprint density at radius 2 is 1.88 bits per heavy atom. The number of aromatic nitrogens is 2. The highest BCUT2D eigenvalue weighted by atomic mass is 32.1. The van der Waals surface area contributed by atoms with Crippen molar-refractivity contribution in [3.63, 3.8) is 0 Å². The standard InChI is InChI=1S/C17H16N4O2S/c22-16(14-11-24-17(23)19-14)21-9-7-20(8-10-21)15-6-5-12-3-1-2-4-13(12)18-15/h1-6,11H,7-10H2,(H,19,23). The lowest BCUT2D eigenvalue weighted by molar-refractivity contribution is 0.0741. The SMILES string of the molecule is O=C(c1csc(=O)[nH]1)N1CCN(c2ccc3ccccc3n2)CC1. The molecule has 122 valence electrons. The Kier molecular flexibility index (Phi) is 3.78. The van der Waals surface area contributed by atoms with Gasteiger partial charge < -0.3 is 14.8 Å². The lowest BCUT2D eigenvalue weighted by atomic mass is 10.2. The topological polar surface area (TPSA) is 69.3 Å². The third-order valence-electron chi connectivity index (χ3n) is 4.23. The number of hydrogen-bond donors (Lipinski definition) is 1. The van der Waals surface area contributed by atoms with Gasteiger partial charge in [-0.05, 0) is 18.2 Å². The van der Waals surface area contributed by atoms with Crippen LogP contribution in [0.25, 0.3) is 10.9 Å². The van der Waals surface area contributed by atoms with E-state index >= 15 is 0 Å². The molecule has 0 spiro atoms. The normalized spacial score (nSPS) is 15.0. The highest BCUT2D eigenvalue weighted by Crippen LogP contribution is 2.19. The fourth-order valence-corrected chi connectivity index (χ4v) is 3.48. The fourth-order valence-electron chi connectivity index (χ4n) is 2.93. The Labute approximate surface area is 142 Å². The van der Waals surface area contributed by atoms with Gasteiger partial charge in [-0.25, -0.2) is 4.98 Å². The van der Waals surface area contributed by atoms with Crippen LogP contribution in [0.15, 0.2) is 46.6 Å². The van der Waals surface area contributed by atoms with Crippen molar-refractivity contribution < 1.29 is 4.79 Å². The molecule has 6 nitrogen and oxygen atoms in total. The van der Waals surface area contributed by atoms with Gasteiger partial charge in [0.05, 0.1) is 5.52 Å². The molecule has 1 amide bonds. The lowest BCUT2D eigenvalue weighted by Gasteiger charge is -2.35. The molecule has 0 atom stereocenters. The second kappa shape index (κ2) is 6.09. The summed E-state index contributed by atoms with van der Waals surface area (Å²) in [5.74, 6) is 0.823. The Morgan fingerprint density at radius 3 is 2.62 bits per heavy atom. The third-order valence-corrected chi connectivity index (χ3v) is 4.90. The number of pyridine rings is 1. The van der Waals surface area contributed by atoms with E-state index < -0.39 is 0 Å². The molecule has 4 rings (SSSR count). The third kappa shape index (κ3) is 2.78. The Balaban J connectivity index is 1.47. The molecule has 2 aromatic heterocycles. The summed E-state index contributed by atoms with van der Waals surface area (Å²) in [6.45, 7) is 2.69.